The Labute approximate surface area is 144 Å². The monoisotopic (exact) mass is 340 g/mol. The van der Waals surface area contributed by atoms with Crippen LogP contribution in [0.1, 0.15) is 32.6 Å². The van der Waals surface area contributed by atoms with Crippen LogP contribution in [0.4, 0.5) is 4.39 Å². The molecule has 0 fully saturated rings. The van der Waals surface area contributed by atoms with Crippen LogP contribution in [0.5, 0.6) is 0 Å². The van der Waals surface area contributed by atoms with E-state index in [0.717, 1.165) is 11.1 Å². The summed E-state index contributed by atoms with van der Waals surface area (Å²) in [4.78, 5) is 15.8. The zero-order chi connectivity index (χ0) is 18.3. The second kappa shape index (κ2) is 6.12. The molecule has 0 bridgehead atoms. The van der Waals surface area contributed by atoms with E-state index in [1.165, 1.54) is 6.07 Å². The molecule has 0 aliphatic heterocycles. The number of halogens is 1. The van der Waals surface area contributed by atoms with Gasteiger partial charge >= 0.3 is 5.97 Å². The van der Waals surface area contributed by atoms with Crippen LogP contribution in [-0.2, 0) is 0 Å². The van der Waals surface area contributed by atoms with Crippen molar-refractivity contribution in [3.8, 4) is 22.8 Å². The summed E-state index contributed by atoms with van der Waals surface area (Å²) in [7, 11) is 0. The molecule has 25 heavy (non-hydrogen) atoms. The van der Waals surface area contributed by atoms with Crippen LogP contribution in [0, 0.1) is 33.5 Å². The van der Waals surface area contributed by atoms with E-state index in [1.807, 2.05) is 19.9 Å². The second-order valence-electron chi connectivity index (χ2n) is 6.08. The number of hydrogen-bond acceptors (Lipinski definition) is 4. The Morgan fingerprint density at radius 2 is 1.80 bits per heavy atom. The molecule has 0 saturated carbocycles. The van der Waals surface area contributed by atoms with Crippen LogP contribution in [0.3, 0.4) is 0 Å². The molecule has 5 nitrogen and oxygen atoms in total. The fourth-order valence-corrected chi connectivity index (χ4v) is 2.84. The van der Waals surface area contributed by atoms with E-state index in [4.69, 9.17) is 4.52 Å². The van der Waals surface area contributed by atoms with Crippen molar-refractivity contribution >= 4 is 5.97 Å². The van der Waals surface area contributed by atoms with E-state index < -0.39 is 11.8 Å². The van der Waals surface area contributed by atoms with E-state index in [0.29, 0.717) is 16.7 Å². The Bertz CT molecular complexity index is 993. The van der Waals surface area contributed by atoms with Crippen LogP contribution >= 0.6 is 0 Å². The molecule has 2 aromatic carbocycles. The summed E-state index contributed by atoms with van der Waals surface area (Å²) in [6, 6.07) is 6.45. The van der Waals surface area contributed by atoms with Crippen molar-refractivity contribution in [2.24, 2.45) is 0 Å². The molecule has 0 amide bonds. The number of aromatic nitrogens is 2. The van der Waals surface area contributed by atoms with Crippen LogP contribution in [0.25, 0.3) is 22.8 Å². The fraction of sp³-hybridized carbons (Fsp3) is 0.211. The van der Waals surface area contributed by atoms with Gasteiger partial charge in [-0.25, -0.2) is 9.18 Å². The lowest BCUT2D eigenvalue weighted by atomic mass is 9.93. The molecular weight excluding hydrogens is 323 g/mol. The molecule has 128 valence electrons. The number of aromatic carboxylic acids is 1. The van der Waals surface area contributed by atoms with Crippen molar-refractivity contribution in [3.05, 3.63) is 57.9 Å². The summed E-state index contributed by atoms with van der Waals surface area (Å²) in [5.41, 5.74) is 3.93. The predicted octanol–water partition coefficient (Wildman–Crippen LogP) is 4.47. The van der Waals surface area contributed by atoms with E-state index in [2.05, 4.69) is 10.1 Å². The van der Waals surface area contributed by atoms with Gasteiger partial charge in [0.25, 0.3) is 5.89 Å². The highest BCUT2D eigenvalue weighted by Crippen LogP contribution is 2.31. The van der Waals surface area contributed by atoms with Gasteiger partial charge < -0.3 is 9.63 Å². The number of nitrogens with zero attached hydrogens (tertiary/aromatic N) is 2. The predicted molar refractivity (Wildman–Crippen MR) is 91.0 cm³/mol. The summed E-state index contributed by atoms with van der Waals surface area (Å²) < 4.78 is 19.2. The molecule has 3 rings (SSSR count). The number of carboxylic acids is 1. The smallest absolute Gasteiger partial charge is 0.336 e. The SMILES string of the molecule is Cc1ccc(F)c(-c2nc(-c3cc(C)c(C)c(C(=O)O)c3C)no2)c1. The van der Waals surface area contributed by atoms with Gasteiger partial charge in [-0.2, -0.15) is 4.98 Å². The van der Waals surface area contributed by atoms with Gasteiger partial charge in [0.15, 0.2) is 0 Å². The molecule has 3 aromatic rings. The molecule has 0 radical (unpaired) electrons. The Balaban J connectivity index is 2.15. The van der Waals surface area contributed by atoms with Crippen molar-refractivity contribution in [2.45, 2.75) is 27.7 Å². The highest BCUT2D eigenvalue weighted by Gasteiger charge is 2.21. The lowest BCUT2D eigenvalue weighted by Gasteiger charge is -2.12. The van der Waals surface area contributed by atoms with Gasteiger partial charge in [-0.15, -0.1) is 0 Å². The van der Waals surface area contributed by atoms with Crippen molar-refractivity contribution in [1.29, 1.82) is 0 Å². The Morgan fingerprint density at radius 1 is 1.08 bits per heavy atom. The lowest BCUT2D eigenvalue weighted by Crippen LogP contribution is -2.06. The molecule has 0 aliphatic rings. The molecule has 0 aliphatic carbocycles. The molecule has 1 aromatic heterocycles. The number of rotatable bonds is 3. The van der Waals surface area contributed by atoms with E-state index in [-0.39, 0.29) is 22.8 Å². The zero-order valence-corrected chi connectivity index (χ0v) is 14.3. The first kappa shape index (κ1) is 16.8. The van der Waals surface area contributed by atoms with Crippen molar-refractivity contribution in [1.82, 2.24) is 10.1 Å². The van der Waals surface area contributed by atoms with Gasteiger partial charge in [-0.1, -0.05) is 16.8 Å². The number of carboxylic acid groups (broad SMARTS) is 1. The van der Waals surface area contributed by atoms with Gasteiger partial charge in [0.05, 0.1) is 11.1 Å². The molecule has 0 spiro atoms. The van der Waals surface area contributed by atoms with E-state index in [1.54, 1.807) is 26.0 Å². The van der Waals surface area contributed by atoms with Crippen LogP contribution in [0.15, 0.2) is 28.8 Å². The summed E-state index contributed by atoms with van der Waals surface area (Å²) in [6.07, 6.45) is 0. The molecular formula is C19H17FN2O3. The number of carbonyl (C=O) groups is 1. The highest BCUT2D eigenvalue weighted by molar-refractivity contribution is 5.93. The first-order valence-corrected chi connectivity index (χ1v) is 7.74. The third-order valence-electron chi connectivity index (χ3n) is 4.34. The standard InChI is InChI=1S/C19H17FN2O3/c1-9-5-6-15(20)14(7-9)18-21-17(22-25-18)13-8-10(2)11(3)16(12(13)4)19(23)24/h5-8H,1-4H3,(H,23,24). The maximum absolute atomic E-state index is 14.0. The normalized spacial score (nSPS) is 10.9. The minimum atomic E-state index is -1.01. The number of benzene rings is 2. The average Bonchev–Trinajstić information content (AvgIpc) is 3.02. The quantitative estimate of drug-likeness (QED) is 0.761. The van der Waals surface area contributed by atoms with Crippen molar-refractivity contribution in [2.75, 3.05) is 0 Å². The molecule has 6 heteroatoms. The highest BCUT2D eigenvalue weighted by atomic mass is 19.1. The topological polar surface area (TPSA) is 76.2 Å². The summed E-state index contributed by atoms with van der Waals surface area (Å²) in [6.45, 7) is 7.13. The average molecular weight is 340 g/mol. The molecule has 0 unspecified atom stereocenters. The number of aryl methyl sites for hydroxylation is 2. The summed E-state index contributed by atoms with van der Waals surface area (Å²) in [5.74, 6) is -1.16. The molecule has 1 heterocycles. The van der Waals surface area contributed by atoms with Crippen molar-refractivity contribution < 1.29 is 18.8 Å². The Hall–Kier alpha value is -3.02. The third-order valence-corrected chi connectivity index (χ3v) is 4.34. The van der Waals surface area contributed by atoms with Gasteiger partial charge in [0.2, 0.25) is 5.82 Å². The fourth-order valence-electron chi connectivity index (χ4n) is 2.84. The van der Waals surface area contributed by atoms with Crippen molar-refractivity contribution in [3.63, 3.8) is 0 Å². The molecule has 1 N–H and O–H groups in total. The van der Waals surface area contributed by atoms with Gasteiger partial charge in [-0.3, -0.25) is 0 Å². The minimum Gasteiger partial charge on any atom is -0.478 e. The lowest BCUT2D eigenvalue weighted by molar-refractivity contribution is 0.0695. The number of hydrogen-bond donors (Lipinski definition) is 1. The minimum absolute atomic E-state index is 0.0608. The maximum atomic E-state index is 14.0. The summed E-state index contributed by atoms with van der Waals surface area (Å²) in [5, 5.41) is 13.4. The van der Waals surface area contributed by atoms with E-state index >= 15 is 0 Å². The van der Waals surface area contributed by atoms with E-state index in [9.17, 15) is 14.3 Å². The Kier molecular flexibility index (Phi) is 4.12. The molecule has 0 saturated heterocycles. The Morgan fingerprint density at radius 3 is 2.48 bits per heavy atom. The van der Waals surface area contributed by atoms with Gasteiger partial charge in [0, 0.05) is 5.56 Å². The first-order chi connectivity index (χ1) is 11.8. The summed E-state index contributed by atoms with van der Waals surface area (Å²) >= 11 is 0. The molecule has 0 atom stereocenters. The van der Waals surface area contributed by atoms with Gasteiger partial charge in [0.1, 0.15) is 5.82 Å². The largest absolute Gasteiger partial charge is 0.478 e. The maximum Gasteiger partial charge on any atom is 0.336 e. The second-order valence-corrected chi connectivity index (χ2v) is 6.08. The van der Waals surface area contributed by atoms with Crippen LogP contribution in [0.2, 0.25) is 0 Å². The van der Waals surface area contributed by atoms with Crippen LogP contribution in [-0.4, -0.2) is 21.2 Å². The first-order valence-electron chi connectivity index (χ1n) is 7.74. The van der Waals surface area contributed by atoms with Gasteiger partial charge in [-0.05, 0) is 62.6 Å². The zero-order valence-electron chi connectivity index (χ0n) is 14.3. The van der Waals surface area contributed by atoms with Crippen LogP contribution < -0.4 is 0 Å². The third kappa shape index (κ3) is 2.91.